The molecule has 2 fully saturated rings. The molecule has 2 heterocycles. The molecule has 3 nitrogen and oxygen atoms in total. The lowest BCUT2D eigenvalue weighted by atomic mass is 9.85. The highest BCUT2D eigenvalue weighted by Crippen LogP contribution is 2.47. The third kappa shape index (κ3) is 1.79. The van der Waals surface area contributed by atoms with Crippen LogP contribution in [0.15, 0.2) is 24.3 Å². The average Bonchev–Trinajstić information content (AvgIpc) is 2.63. The van der Waals surface area contributed by atoms with Crippen LogP contribution in [0.25, 0.3) is 0 Å². The number of hydrogen-bond donors (Lipinski definition) is 1. The minimum absolute atomic E-state index is 0.152. The zero-order valence-corrected chi connectivity index (χ0v) is 11.3. The van der Waals surface area contributed by atoms with Crippen molar-refractivity contribution >= 4 is 10.8 Å². The van der Waals surface area contributed by atoms with E-state index >= 15 is 0 Å². The van der Waals surface area contributed by atoms with Crippen LogP contribution in [0.1, 0.15) is 31.2 Å². The summed E-state index contributed by atoms with van der Waals surface area (Å²) in [5.41, 5.74) is -0.0205. The quantitative estimate of drug-likeness (QED) is 0.890. The van der Waals surface area contributed by atoms with Crippen molar-refractivity contribution < 1.29 is 14.1 Å². The minimum atomic E-state index is -0.869. The standard InChI is InChI=1S/C14H18O3S/c1-17-13-5-3-2-4-12(13)14(15)8-10-6-7-11(9-14)18(10)16/h2-5,10-11,15H,6-9H2,1H3. The lowest BCUT2D eigenvalue weighted by Crippen LogP contribution is -2.40. The summed E-state index contributed by atoms with van der Waals surface area (Å²) in [7, 11) is 0.874. The summed E-state index contributed by atoms with van der Waals surface area (Å²) < 4.78 is 17.4. The first-order valence-corrected chi connectivity index (χ1v) is 7.67. The van der Waals surface area contributed by atoms with Crippen molar-refractivity contribution in [3.8, 4) is 5.75 Å². The Morgan fingerprint density at radius 1 is 1.28 bits per heavy atom. The molecule has 0 aliphatic carbocycles. The molecule has 4 heteroatoms. The van der Waals surface area contributed by atoms with Gasteiger partial charge in [0.2, 0.25) is 0 Å². The van der Waals surface area contributed by atoms with E-state index in [0.717, 1.165) is 24.2 Å². The van der Waals surface area contributed by atoms with Crippen LogP contribution in [0, 0.1) is 0 Å². The Morgan fingerprint density at radius 3 is 2.50 bits per heavy atom. The highest BCUT2D eigenvalue weighted by atomic mass is 32.2. The van der Waals surface area contributed by atoms with E-state index in [-0.39, 0.29) is 10.5 Å². The number of benzene rings is 1. The number of methoxy groups -OCH3 is 1. The number of rotatable bonds is 2. The predicted octanol–water partition coefficient (Wildman–Crippen LogP) is 1.96. The molecule has 0 radical (unpaired) electrons. The second-order valence-corrected chi connectivity index (χ2v) is 7.28. The predicted molar refractivity (Wildman–Crippen MR) is 71.1 cm³/mol. The maximum Gasteiger partial charge on any atom is 0.124 e. The molecule has 2 saturated heterocycles. The molecule has 0 spiro atoms. The maximum atomic E-state index is 12.0. The van der Waals surface area contributed by atoms with E-state index in [1.54, 1.807) is 7.11 Å². The van der Waals surface area contributed by atoms with Gasteiger partial charge in [0.05, 0.1) is 12.7 Å². The van der Waals surface area contributed by atoms with Crippen molar-refractivity contribution in [3.63, 3.8) is 0 Å². The SMILES string of the molecule is COc1ccccc1C1(O)CC2CCC(C1)S2=O. The summed E-state index contributed by atoms with van der Waals surface area (Å²) in [6.45, 7) is 0. The smallest absolute Gasteiger partial charge is 0.124 e. The second-order valence-electron chi connectivity index (χ2n) is 5.29. The molecule has 0 aromatic heterocycles. The lowest BCUT2D eigenvalue weighted by molar-refractivity contribution is 0.0163. The number of ether oxygens (including phenoxy) is 1. The molecule has 2 unspecified atom stereocenters. The Hall–Kier alpha value is -0.870. The number of fused-ring (bicyclic) bond motifs is 2. The monoisotopic (exact) mass is 266 g/mol. The topological polar surface area (TPSA) is 46.5 Å². The van der Waals surface area contributed by atoms with E-state index in [0.29, 0.717) is 12.8 Å². The van der Waals surface area contributed by atoms with Gasteiger partial charge in [0.25, 0.3) is 0 Å². The van der Waals surface area contributed by atoms with Crippen LogP contribution in [-0.4, -0.2) is 26.9 Å². The van der Waals surface area contributed by atoms with Crippen LogP contribution in [0.4, 0.5) is 0 Å². The van der Waals surface area contributed by atoms with Gasteiger partial charge in [-0.15, -0.1) is 0 Å². The molecule has 2 atom stereocenters. The summed E-state index contributed by atoms with van der Waals surface area (Å²) in [6, 6.07) is 7.62. The van der Waals surface area contributed by atoms with Gasteiger partial charge < -0.3 is 9.84 Å². The molecular formula is C14H18O3S. The van der Waals surface area contributed by atoms with Crippen LogP contribution < -0.4 is 4.74 Å². The van der Waals surface area contributed by atoms with Gasteiger partial charge >= 0.3 is 0 Å². The normalized spacial score (nSPS) is 38.7. The minimum Gasteiger partial charge on any atom is -0.496 e. The first kappa shape index (κ1) is 12.2. The highest BCUT2D eigenvalue weighted by molar-refractivity contribution is 7.86. The van der Waals surface area contributed by atoms with Gasteiger partial charge in [0, 0.05) is 26.9 Å². The Kier molecular flexibility index (Phi) is 2.94. The zero-order valence-electron chi connectivity index (χ0n) is 10.5. The van der Waals surface area contributed by atoms with Crippen LogP contribution in [-0.2, 0) is 16.4 Å². The third-order valence-corrected chi connectivity index (χ3v) is 6.33. The molecule has 18 heavy (non-hydrogen) atoms. The number of hydrogen-bond acceptors (Lipinski definition) is 3. The number of aliphatic hydroxyl groups is 1. The average molecular weight is 266 g/mol. The molecule has 1 aromatic rings. The largest absolute Gasteiger partial charge is 0.496 e. The highest BCUT2D eigenvalue weighted by Gasteiger charge is 2.49. The van der Waals surface area contributed by atoms with E-state index in [2.05, 4.69) is 0 Å². The van der Waals surface area contributed by atoms with Crippen molar-refractivity contribution in [2.45, 2.75) is 41.8 Å². The third-order valence-electron chi connectivity index (χ3n) is 4.21. The Balaban J connectivity index is 1.98. The van der Waals surface area contributed by atoms with Gasteiger partial charge in [0.15, 0.2) is 0 Å². The van der Waals surface area contributed by atoms with E-state index in [4.69, 9.17) is 4.74 Å². The summed E-state index contributed by atoms with van der Waals surface area (Å²) in [5.74, 6) is 0.729. The molecule has 98 valence electrons. The van der Waals surface area contributed by atoms with E-state index in [9.17, 15) is 9.32 Å². The van der Waals surface area contributed by atoms with E-state index in [1.807, 2.05) is 24.3 Å². The van der Waals surface area contributed by atoms with Crippen LogP contribution in [0.2, 0.25) is 0 Å². The van der Waals surface area contributed by atoms with Crippen molar-refractivity contribution in [2.24, 2.45) is 0 Å². The molecule has 1 N–H and O–H groups in total. The summed E-state index contributed by atoms with van der Waals surface area (Å²) in [5, 5.41) is 11.2. The molecule has 2 aliphatic heterocycles. The molecule has 0 amide bonds. The van der Waals surface area contributed by atoms with Crippen LogP contribution >= 0.6 is 0 Å². The Labute approximate surface area is 110 Å². The van der Waals surface area contributed by atoms with Crippen LogP contribution in [0.5, 0.6) is 5.75 Å². The summed E-state index contributed by atoms with van der Waals surface area (Å²) in [6.07, 6.45) is 3.15. The lowest BCUT2D eigenvalue weighted by Gasteiger charge is -2.36. The van der Waals surface area contributed by atoms with Gasteiger partial charge in [-0.25, -0.2) is 0 Å². The molecule has 0 saturated carbocycles. The molecule has 1 aromatic carbocycles. The van der Waals surface area contributed by atoms with Crippen LogP contribution in [0.3, 0.4) is 0 Å². The fourth-order valence-corrected chi connectivity index (χ4v) is 5.49. The van der Waals surface area contributed by atoms with Crippen molar-refractivity contribution in [2.75, 3.05) is 7.11 Å². The molecular weight excluding hydrogens is 248 g/mol. The van der Waals surface area contributed by atoms with Crippen molar-refractivity contribution in [1.82, 2.24) is 0 Å². The fraction of sp³-hybridized carbons (Fsp3) is 0.571. The van der Waals surface area contributed by atoms with Gasteiger partial charge in [-0.2, -0.15) is 0 Å². The van der Waals surface area contributed by atoms with Gasteiger partial charge in [-0.1, -0.05) is 18.2 Å². The Bertz CT molecular complexity index is 470. The zero-order chi connectivity index (χ0) is 12.8. The van der Waals surface area contributed by atoms with Crippen molar-refractivity contribution in [1.29, 1.82) is 0 Å². The summed E-state index contributed by atoms with van der Waals surface area (Å²) in [4.78, 5) is 0. The van der Waals surface area contributed by atoms with Crippen molar-refractivity contribution in [3.05, 3.63) is 29.8 Å². The fourth-order valence-electron chi connectivity index (χ4n) is 3.33. The maximum absolute atomic E-state index is 12.0. The Morgan fingerprint density at radius 2 is 1.89 bits per heavy atom. The van der Waals surface area contributed by atoms with E-state index in [1.165, 1.54) is 0 Å². The molecule has 3 rings (SSSR count). The summed E-state index contributed by atoms with van der Waals surface area (Å²) >= 11 is 0. The number of para-hydroxylation sites is 1. The first-order valence-electron chi connectivity index (χ1n) is 6.39. The second kappa shape index (κ2) is 4.35. The molecule has 2 aliphatic rings. The first-order chi connectivity index (χ1) is 8.64. The van der Waals surface area contributed by atoms with Gasteiger partial charge in [-0.3, -0.25) is 4.21 Å². The molecule has 2 bridgehead atoms. The van der Waals surface area contributed by atoms with E-state index < -0.39 is 16.4 Å². The van der Waals surface area contributed by atoms with Gasteiger partial charge in [-0.05, 0) is 31.7 Å². The van der Waals surface area contributed by atoms with Gasteiger partial charge in [0.1, 0.15) is 5.75 Å².